The van der Waals surface area contributed by atoms with Crippen molar-refractivity contribution in [1.29, 1.82) is 0 Å². The third-order valence-electron chi connectivity index (χ3n) is 1.92. The van der Waals surface area contributed by atoms with E-state index in [1.807, 2.05) is 0 Å². The van der Waals surface area contributed by atoms with Gasteiger partial charge in [0.15, 0.2) is 0 Å². The van der Waals surface area contributed by atoms with Crippen LogP contribution in [0.15, 0.2) is 29.3 Å². The zero-order valence-electron chi connectivity index (χ0n) is 7.00. The van der Waals surface area contributed by atoms with Crippen LogP contribution >= 0.6 is 0 Å². The second-order valence-electron chi connectivity index (χ2n) is 2.80. The van der Waals surface area contributed by atoms with Gasteiger partial charge in [-0.3, -0.25) is 4.21 Å². The van der Waals surface area contributed by atoms with E-state index in [4.69, 9.17) is 0 Å². The molecule has 13 heavy (non-hydrogen) atoms. The molecule has 1 unspecified atom stereocenters. The highest BCUT2D eigenvalue weighted by Crippen LogP contribution is 2.21. The Morgan fingerprint density at radius 3 is 2.92 bits per heavy atom. The highest BCUT2D eigenvalue weighted by atomic mass is 32.2. The lowest BCUT2D eigenvalue weighted by molar-refractivity contribution is 0.629. The Hall–Kier alpha value is -1.16. The molecule has 0 aliphatic heterocycles. The summed E-state index contributed by atoms with van der Waals surface area (Å²) in [6.45, 7) is 0. The molecule has 0 aliphatic rings. The van der Waals surface area contributed by atoms with E-state index in [1.54, 1.807) is 18.5 Å². The lowest BCUT2D eigenvalue weighted by Gasteiger charge is -1.92. The van der Waals surface area contributed by atoms with Crippen molar-refractivity contribution in [2.45, 2.75) is 4.90 Å². The quantitative estimate of drug-likeness (QED) is 0.745. The van der Waals surface area contributed by atoms with Crippen molar-refractivity contribution in [2.24, 2.45) is 0 Å². The van der Waals surface area contributed by atoms with Gasteiger partial charge in [0.1, 0.15) is 5.82 Å². The molecule has 0 amide bonds. The van der Waals surface area contributed by atoms with Gasteiger partial charge < -0.3 is 4.98 Å². The molecule has 4 heteroatoms. The molecule has 2 aromatic rings. The molecular weight excluding hydrogens is 189 g/mol. The van der Waals surface area contributed by atoms with Crippen molar-refractivity contribution < 1.29 is 8.60 Å². The summed E-state index contributed by atoms with van der Waals surface area (Å²) in [4.78, 5) is 3.59. The first-order valence-corrected chi connectivity index (χ1v) is 5.34. The van der Waals surface area contributed by atoms with Gasteiger partial charge in [-0.2, -0.15) is 0 Å². The fourth-order valence-electron chi connectivity index (χ4n) is 1.31. The maximum absolute atomic E-state index is 12.8. The summed E-state index contributed by atoms with van der Waals surface area (Å²) in [5.41, 5.74) is 0.685. The van der Waals surface area contributed by atoms with Gasteiger partial charge in [-0.15, -0.1) is 0 Å². The van der Waals surface area contributed by atoms with E-state index in [2.05, 4.69) is 4.98 Å². The Kier molecular flexibility index (Phi) is 1.92. The summed E-state index contributed by atoms with van der Waals surface area (Å²) in [6, 6.07) is 4.40. The molecule has 0 fully saturated rings. The van der Waals surface area contributed by atoms with E-state index in [-0.39, 0.29) is 5.82 Å². The lowest BCUT2D eigenvalue weighted by atomic mass is 10.2. The number of aromatic nitrogens is 1. The minimum absolute atomic E-state index is 0.289. The fraction of sp³-hybridized carbons (Fsp3) is 0.111. The molecule has 0 bridgehead atoms. The van der Waals surface area contributed by atoms with Crippen LogP contribution in [0, 0.1) is 5.82 Å². The average molecular weight is 197 g/mol. The molecule has 1 heterocycles. The van der Waals surface area contributed by atoms with Crippen LogP contribution in [-0.4, -0.2) is 15.4 Å². The summed E-state index contributed by atoms with van der Waals surface area (Å²) in [7, 11) is -1.03. The molecule has 1 N–H and O–H groups in total. The van der Waals surface area contributed by atoms with Gasteiger partial charge in [-0.25, -0.2) is 4.39 Å². The van der Waals surface area contributed by atoms with Gasteiger partial charge in [0.2, 0.25) is 0 Å². The second kappa shape index (κ2) is 2.96. The van der Waals surface area contributed by atoms with Crippen molar-refractivity contribution in [3.63, 3.8) is 0 Å². The third-order valence-corrected chi connectivity index (χ3v) is 2.87. The van der Waals surface area contributed by atoms with Crippen LogP contribution in [0.4, 0.5) is 4.39 Å². The van der Waals surface area contributed by atoms with Crippen LogP contribution < -0.4 is 0 Å². The number of fused-ring (bicyclic) bond motifs is 1. The molecular formula is C9H8FNOS. The maximum atomic E-state index is 12.8. The van der Waals surface area contributed by atoms with Crippen molar-refractivity contribution in [3.8, 4) is 0 Å². The molecule has 1 aromatic heterocycles. The molecule has 0 saturated carbocycles. The molecule has 1 aromatic carbocycles. The fourth-order valence-corrected chi connectivity index (χ4v) is 2.02. The van der Waals surface area contributed by atoms with E-state index in [0.29, 0.717) is 5.52 Å². The van der Waals surface area contributed by atoms with E-state index in [9.17, 15) is 8.60 Å². The van der Waals surface area contributed by atoms with Crippen LogP contribution in [-0.2, 0) is 10.8 Å². The Labute approximate surface area is 77.2 Å². The summed E-state index contributed by atoms with van der Waals surface area (Å²) in [5.74, 6) is -0.289. The van der Waals surface area contributed by atoms with E-state index in [1.165, 1.54) is 12.1 Å². The SMILES string of the molecule is CS(=O)c1c[nH]c2cc(F)ccc12. The number of H-pyrrole nitrogens is 1. The molecule has 2 nitrogen and oxygen atoms in total. The molecule has 68 valence electrons. The summed E-state index contributed by atoms with van der Waals surface area (Å²) >= 11 is 0. The topological polar surface area (TPSA) is 32.9 Å². The summed E-state index contributed by atoms with van der Waals surface area (Å²) in [6.07, 6.45) is 3.26. The standard InChI is InChI=1S/C9H8FNOS/c1-13(12)9-5-11-8-4-6(10)2-3-7(8)9/h2-5,11H,1H3. The van der Waals surface area contributed by atoms with E-state index >= 15 is 0 Å². The maximum Gasteiger partial charge on any atom is 0.125 e. The lowest BCUT2D eigenvalue weighted by Crippen LogP contribution is -1.83. The van der Waals surface area contributed by atoms with Crippen molar-refractivity contribution in [1.82, 2.24) is 4.98 Å². The average Bonchev–Trinajstić information content (AvgIpc) is 2.46. The number of hydrogen-bond donors (Lipinski definition) is 1. The zero-order valence-corrected chi connectivity index (χ0v) is 7.82. The first-order chi connectivity index (χ1) is 6.18. The van der Waals surface area contributed by atoms with Gasteiger partial charge in [0.05, 0.1) is 15.7 Å². The smallest absolute Gasteiger partial charge is 0.125 e. The molecule has 0 spiro atoms. The Balaban J connectivity index is 2.76. The highest BCUT2D eigenvalue weighted by molar-refractivity contribution is 7.84. The number of hydrogen-bond acceptors (Lipinski definition) is 1. The second-order valence-corrected chi connectivity index (χ2v) is 4.15. The van der Waals surface area contributed by atoms with Gasteiger partial charge in [-0.05, 0) is 18.2 Å². The van der Waals surface area contributed by atoms with Gasteiger partial charge >= 0.3 is 0 Å². The zero-order chi connectivity index (χ0) is 9.42. The Morgan fingerprint density at radius 1 is 1.46 bits per heavy atom. The van der Waals surface area contributed by atoms with Crippen molar-refractivity contribution in [2.75, 3.05) is 6.26 Å². The number of benzene rings is 1. The van der Waals surface area contributed by atoms with Crippen LogP contribution in [0.1, 0.15) is 0 Å². The van der Waals surface area contributed by atoms with Gasteiger partial charge in [0, 0.05) is 23.4 Å². The van der Waals surface area contributed by atoms with Crippen LogP contribution in [0.2, 0.25) is 0 Å². The molecule has 1 atom stereocenters. The predicted octanol–water partition coefficient (Wildman–Crippen LogP) is 2.04. The molecule has 2 rings (SSSR count). The number of aromatic amines is 1. The Morgan fingerprint density at radius 2 is 2.23 bits per heavy atom. The molecule has 0 saturated heterocycles. The van der Waals surface area contributed by atoms with Gasteiger partial charge in [0.25, 0.3) is 0 Å². The number of nitrogens with one attached hydrogen (secondary N) is 1. The summed E-state index contributed by atoms with van der Waals surface area (Å²) < 4.78 is 24.0. The molecule has 0 radical (unpaired) electrons. The monoisotopic (exact) mass is 197 g/mol. The van der Waals surface area contributed by atoms with Gasteiger partial charge in [-0.1, -0.05) is 0 Å². The van der Waals surface area contributed by atoms with Crippen molar-refractivity contribution >= 4 is 21.7 Å². The Bertz CT molecular complexity index is 477. The minimum atomic E-state index is -1.03. The largest absolute Gasteiger partial charge is 0.360 e. The van der Waals surface area contributed by atoms with Crippen molar-refractivity contribution in [3.05, 3.63) is 30.2 Å². The van der Waals surface area contributed by atoms with E-state index < -0.39 is 10.8 Å². The predicted molar refractivity (Wildman–Crippen MR) is 50.6 cm³/mol. The molecule has 0 aliphatic carbocycles. The third kappa shape index (κ3) is 1.37. The first kappa shape index (κ1) is 8.44. The van der Waals surface area contributed by atoms with Crippen LogP contribution in [0.3, 0.4) is 0 Å². The van der Waals surface area contributed by atoms with Crippen LogP contribution in [0.25, 0.3) is 10.9 Å². The highest BCUT2D eigenvalue weighted by Gasteiger charge is 2.06. The van der Waals surface area contributed by atoms with E-state index in [0.717, 1.165) is 10.3 Å². The minimum Gasteiger partial charge on any atom is -0.360 e. The number of rotatable bonds is 1. The normalized spacial score (nSPS) is 13.4. The van der Waals surface area contributed by atoms with Crippen LogP contribution in [0.5, 0.6) is 0 Å². The first-order valence-electron chi connectivity index (χ1n) is 3.78. The number of halogens is 1. The summed E-state index contributed by atoms with van der Waals surface area (Å²) in [5, 5.41) is 0.822.